The summed E-state index contributed by atoms with van der Waals surface area (Å²) in [6, 6.07) is 14.7. The molecule has 2 aromatic rings. The van der Waals surface area contributed by atoms with E-state index in [0.717, 1.165) is 16.7 Å². The van der Waals surface area contributed by atoms with Crippen molar-refractivity contribution in [1.29, 1.82) is 0 Å². The molecule has 26 heavy (non-hydrogen) atoms. The maximum Gasteiger partial charge on any atom is 0.410 e. The van der Waals surface area contributed by atoms with Crippen molar-refractivity contribution < 1.29 is 19.4 Å². The van der Waals surface area contributed by atoms with Crippen LogP contribution in [0.15, 0.2) is 48.5 Å². The highest BCUT2D eigenvalue weighted by Crippen LogP contribution is 2.44. The van der Waals surface area contributed by atoms with Crippen molar-refractivity contribution in [1.82, 2.24) is 4.90 Å². The summed E-state index contributed by atoms with van der Waals surface area (Å²) in [5.74, 6) is 0.584. The minimum atomic E-state index is -0.350. The first kappa shape index (κ1) is 16.6. The lowest BCUT2D eigenvalue weighted by Gasteiger charge is -2.43. The molecule has 1 N–H and O–H groups in total. The SMILES string of the molecule is O=C1CC(C2c3ccc(O)cc3CCN2C(=O)OCc2ccccc2)C1. The highest BCUT2D eigenvalue weighted by Gasteiger charge is 2.42. The molecule has 2 aromatic carbocycles. The highest BCUT2D eigenvalue weighted by atomic mass is 16.6. The topological polar surface area (TPSA) is 66.8 Å². The van der Waals surface area contributed by atoms with Gasteiger partial charge >= 0.3 is 6.09 Å². The van der Waals surface area contributed by atoms with E-state index in [1.54, 1.807) is 17.0 Å². The molecule has 1 atom stereocenters. The number of fused-ring (bicyclic) bond motifs is 1. The second-order valence-corrected chi connectivity index (χ2v) is 7.02. The molecule has 2 aliphatic rings. The van der Waals surface area contributed by atoms with Crippen molar-refractivity contribution in [2.24, 2.45) is 5.92 Å². The van der Waals surface area contributed by atoms with E-state index in [9.17, 15) is 14.7 Å². The largest absolute Gasteiger partial charge is 0.508 e. The van der Waals surface area contributed by atoms with Crippen LogP contribution in [0.5, 0.6) is 5.75 Å². The number of ether oxygens (including phenoxy) is 1. The molecule has 1 fully saturated rings. The molecule has 0 bridgehead atoms. The number of rotatable bonds is 3. The molecular weight excluding hydrogens is 330 g/mol. The number of aromatic hydroxyl groups is 1. The van der Waals surface area contributed by atoms with Crippen LogP contribution in [0, 0.1) is 5.92 Å². The predicted octanol–water partition coefficient (Wildman–Crippen LogP) is 3.61. The van der Waals surface area contributed by atoms with E-state index in [2.05, 4.69) is 0 Å². The van der Waals surface area contributed by atoms with Crippen LogP contribution in [-0.4, -0.2) is 28.4 Å². The molecule has 5 nitrogen and oxygen atoms in total. The van der Waals surface area contributed by atoms with E-state index in [4.69, 9.17) is 4.74 Å². The van der Waals surface area contributed by atoms with Gasteiger partial charge in [0.1, 0.15) is 18.1 Å². The van der Waals surface area contributed by atoms with Gasteiger partial charge in [0, 0.05) is 19.4 Å². The van der Waals surface area contributed by atoms with Crippen LogP contribution in [0.3, 0.4) is 0 Å². The van der Waals surface area contributed by atoms with Crippen LogP contribution < -0.4 is 0 Å². The van der Waals surface area contributed by atoms with Crippen molar-refractivity contribution in [3.63, 3.8) is 0 Å². The molecule has 5 heteroatoms. The summed E-state index contributed by atoms with van der Waals surface area (Å²) in [6.45, 7) is 0.758. The lowest BCUT2D eigenvalue weighted by Crippen LogP contribution is -2.46. The fourth-order valence-corrected chi connectivity index (χ4v) is 3.91. The Morgan fingerprint density at radius 1 is 1.15 bits per heavy atom. The zero-order chi connectivity index (χ0) is 18.1. The van der Waals surface area contributed by atoms with Gasteiger partial charge in [-0.25, -0.2) is 4.79 Å². The normalized spacial score (nSPS) is 19.6. The third kappa shape index (κ3) is 3.17. The van der Waals surface area contributed by atoms with Crippen LogP contribution in [0.25, 0.3) is 0 Å². The molecule has 1 unspecified atom stereocenters. The number of benzene rings is 2. The standard InChI is InChI=1S/C21H21NO4/c23-17-6-7-19-15(10-17)8-9-22(20(19)16-11-18(24)12-16)21(25)26-13-14-4-2-1-3-5-14/h1-7,10,16,20,23H,8-9,11-13H2. The Morgan fingerprint density at radius 2 is 1.92 bits per heavy atom. The van der Waals surface area contributed by atoms with E-state index in [1.165, 1.54) is 0 Å². The molecule has 1 heterocycles. The van der Waals surface area contributed by atoms with Crippen molar-refractivity contribution in [2.45, 2.75) is 31.9 Å². The summed E-state index contributed by atoms with van der Waals surface area (Å²) in [5, 5.41) is 9.75. The average molecular weight is 351 g/mol. The first-order valence-electron chi connectivity index (χ1n) is 8.92. The van der Waals surface area contributed by atoms with E-state index in [-0.39, 0.29) is 36.2 Å². The molecule has 0 spiro atoms. The lowest BCUT2D eigenvalue weighted by molar-refractivity contribution is -0.129. The number of carbonyl (C=O) groups is 2. The van der Waals surface area contributed by atoms with Crippen LogP contribution in [0.4, 0.5) is 4.79 Å². The monoisotopic (exact) mass is 351 g/mol. The minimum Gasteiger partial charge on any atom is -0.508 e. The minimum absolute atomic E-state index is 0.121. The summed E-state index contributed by atoms with van der Waals surface area (Å²) in [5.41, 5.74) is 3.00. The van der Waals surface area contributed by atoms with Gasteiger partial charge in [0.05, 0.1) is 6.04 Å². The van der Waals surface area contributed by atoms with Gasteiger partial charge in [-0.2, -0.15) is 0 Å². The van der Waals surface area contributed by atoms with Gasteiger partial charge in [0.2, 0.25) is 0 Å². The Kier molecular flexibility index (Phi) is 4.37. The number of carbonyl (C=O) groups excluding carboxylic acids is 2. The fourth-order valence-electron chi connectivity index (χ4n) is 3.91. The Labute approximate surface area is 152 Å². The Bertz CT molecular complexity index is 825. The zero-order valence-corrected chi connectivity index (χ0v) is 14.4. The van der Waals surface area contributed by atoms with Gasteiger partial charge < -0.3 is 14.7 Å². The van der Waals surface area contributed by atoms with Gasteiger partial charge in [-0.15, -0.1) is 0 Å². The van der Waals surface area contributed by atoms with Gasteiger partial charge in [-0.1, -0.05) is 36.4 Å². The third-order valence-corrected chi connectivity index (χ3v) is 5.27. The summed E-state index contributed by atoms with van der Waals surface area (Å²) in [6.07, 6.45) is 1.30. The maximum absolute atomic E-state index is 12.8. The molecule has 4 rings (SSSR count). The lowest BCUT2D eigenvalue weighted by atomic mass is 9.73. The molecule has 1 aliphatic carbocycles. The molecule has 1 aliphatic heterocycles. The number of nitrogens with zero attached hydrogens (tertiary/aromatic N) is 1. The molecule has 0 radical (unpaired) electrons. The number of phenolic OH excluding ortho intramolecular Hbond substituents is 1. The number of amides is 1. The van der Waals surface area contributed by atoms with Crippen LogP contribution in [0.1, 0.15) is 35.6 Å². The summed E-state index contributed by atoms with van der Waals surface area (Å²) >= 11 is 0. The second kappa shape index (κ2) is 6.83. The van der Waals surface area contributed by atoms with Crippen molar-refractivity contribution in [3.8, 4) is 5.75 Å². The number of ketones is 1. The first-order valence-corrected chi connectivity index (χ1v) is 8.92. The van der Waals surface area contributed by atoms with Crippen molar-refractivity contribution in [3.05, 3.63) is 65.2 Å². The third-order valence-electron chi connectivity index (χ3n) is 5.27. The molecule has 1 amide bonds. The molecule has 134 valence electrons. The van der Waals surface area contributed by atoms with Crippen LogP contribution in [0.2, 0.25) is 0 Å². The Balaban J connectivity index is 1.55. The fraction of sp³-hybridized carbons (Fsp3) is 0.333. The van der Waals surface area contributed by atoms with Crippen molar-refractivity contribution >= 4 is 11.9 Å². The molecule has 0 aromatic heterocycles. The van der Waals surface area contributed by atoms with E-state index >= 15 is 0 Å². The van der Waals surface area contributed by atoms with Gasteiger partial charge in [-0.3, -0.25) is 4.79 Å². The van der Waals surface area contributed by atoms with Crippen molar-refractivity contribution in [2.75, 3.05) is 6.54 Å². The Morgan fingerprint density at radius 3 is 2.65 bits per heavy atom. The van der Waals surface area contributed by atoms with Gasteiger partial charge in [-0.05, 0) is 41.2 Å². The number of hydrogen-bond acceptors (Lipinski definition) is 4. The van der Waals surface area contributed by atoms with E-state index in [0.29, 0.717) is 25.8 Å². The van der Waals surface area contributed by atoms with Crippen LogP contribution in [-0.2, 0) is 22.6 Å². The predicted molar refractivity (Wildman–Crippen MR) is 95.6 cm³/mol. The van der Waals surface area contributed by atoms with Gasteiger partial charge in [0.15, 0.2) is 0 Å². The van der Waals surface area contributed by atoms with E-state index in [1.807, 2.05) is 36.4 Å². The summed E-state index contributed by atoms with van der Waals surface area (Å²) < 4.78 is 5.53. The maximum atomic E-state index is 12.8. The second-order valence-electron chi connectivity index (χ2n) is 7.02. The van der Waals surface area contributed by atoms with Gasteiger partial charge in [0.25, 0.3) is 0 Å². The van der Waals surface area contributed by atoms with E-state index < -0.39 is 0 Å². The first-order chi connectivity index (χ1) is 12.6. The smallest absolute Gasteiger partial charge is 0.410 e. The molecule has 1 saturated carbocycles. The molecular formula is C21H21NO4. The van der Waals surface area contributed by atoms with Crippen LogP contribution >= 0.6 is 0 Å². The highest BCUT2D eigenvalue weighted by molar-refractivity contribution is 5.85. The Hall–Kier alpha value is -2.82. The number of Topliss-reactive ketones (excluding diaryl/α,β-unsaturated/α-hetero) is 1. The quantitative estimate of drug-likeness (QED) is 0.917. The average Bonchev–Trinajstić information content (AvgIpc) is 2.63. The summed E-state index contributed by atoms with van der Waals surface area (Å²) in [4.78, 5) is 26.0. The number of phenols is 1. The number of hydrogen-bond donors (Lipinski definition) is 1. The molecule has 0 saturated heterocycles. The summed E-state index contributed by atoms with van der Waals surface area (Å²) in [7, 11) is 0. The zero-order valence-electron chi connectivity index (χ0n) is 14.4.